The van der Waals surface area contributed by atoms with Crippen molar-refractivity contribution in [2.75, 3.05) is 7.11 Å². The van der Waals surface area contributed by atoms with Gasteiger partial charge in [0, 0.05) is 13.5 Å². The highest BCUT2D eigenvalue weighted by molar-refractivity contribution is 4.87. The molecule has 0 heterocycles. The number of ether oxygens (including phenoxy) is 1. The molecule has 0 saturated heterocycles. The fourth-order valence-electron chi connectivity index (χ4n) is 2.47. The quantitative estimate of drug-likeness (QED) is 0.615. The van der Waals surface area contributed by atoms with Crippen LogP contribution in [0.25, 0.3) is 0 Å². The molecule has 0 aliphatic heterocycles. The summed E-state index contributed by atoms with van der Waals surface area (Å²) >= 11 is 0. The highest BCUT2D eigenvalue weighted by Gasteiger charge is 2.35. The topological polar surface area (TPSA) is 9.23 Å². The molecule has 14 heavy (non-hydrogen) atoms. The van der Waals surface area contributed by atoms with Crippen molar-refractivity contribution in [1.82, 2.24) is 0 Å². The largest absolute Gasteiger partial charge is 0.378 e. The monoisotopic (exact) mass is 202 g/mol. The maximum absolute atomic E-state index is 13.3. The van der Waals surface area contributed by atoms with Crippen molar-refractivity contribution in [3.63, 3.8) is 0 Å². The van der Waals surface area contributed by atoms with Crippen molar-refractivity contribution in [3.8, 4) is 0 Å². The van der Waals surface area contributed by atoms with Crippen LogP contribution in [0.1, 0.15) is 58.3 Å². The Morgan fingerprint density at radius 3 is 2.79 bits per heavy atom. The van der Waals surface area contributed by atoms with Crippen molar-refractivity contribution < 1.29 is 9.13 Å². The first kappa shape index (κ1) is 12.0. The molecule has 0 aromatic heterocycles. The molecular weight excluding hydrogens is 179 g/mol. The minimum Gasteiger partial charge on any atom is -0.378 e. The molecule has 1 saturated carbocycles. The molecule has 1 fully saturated rings. The number of methoxy groups -OCH3 is 1. The van der Waals surface area contributed by atoms with Gasteiger partial charge in [-0.1, -0.05) is 26.2 Å². The zero-order chi connectivity index (χ0) is 10.4. The number of unbranched alkanes of at least 4 members (excludes halogenated alkanes) is 2. The zero-order valence-electron chi connectivity index (χ0n) is 9.52. The Bertz CT molecular complexity index is 160. The minimum atomic E-state index is -0.634. The van der Waals surface area contributed by atoms with Gasteiger partial charge in [0.15, 0.2) is 0 Å². The molecule has 1 aliphatic rings. The van der Waals surface area contributed by atoms with E-state index in [0.29, 0.717) is 6.42 Å². The Balaban J connectivity index is 2.39. The Kier molecular flexibility index (Phi) is 4.86. The molecule has 0 amide bonds. The second-order valence-corrected chi connectivity index (χ2v) is 4.54. The van der Waals surface area contributed by atoms with Gasteiger partial charge < -0.3 is 4.74 Å². The lowest BCUT2D eigenvalue weighted by atomic mass is 9.80. The first-order valence-corrected chi connectivity index (χ1v) is 5.91. The van der Waals surface area contributed by atoms with Crippen molar-refractivity contribution in [1.29, 1.82) is 0 Å². The predicted octanol–water partition coefficient (Wildman–Crippen LogP) is 3.86. The van der Waals surface area contributed by atoms with Gasteiger partial charge >= 0.3 is 0 Å². The van der Waals surface area contributed by atoms with Gasteiger partial charge in [0.2, 0.25) is 0 Å². The maximum atomic E-state index is 13.3. The van der Waals surface area contributed by atoms with Crippen LogP contribution < -0.4 is 0 Å². The van der Waals surface area contributed by atoms with Crippen molar-refractivity contribution in [2.24, 2.45) is 0 Å². The Morgan fingerprint density at radius 1 is 1.43 bits per heavy atom. The lowest BCUT2D eigenvalue weighted by Crippen LogP contribution is -2.38. The SMILES string of the molecule is CCCCCC1(OC)CCCC(F)C1. The number of hydrogen-bond acceptors (Lipinski definition) is 1. The number of rotatable bonds is 5. The minimum absolute atomic E-state index is 0.132. The smallest absolute Gasteiger partial charge is 0.103 e. The van der Waals surface area contributed by atoms with E-state index < -0.39 is 6.17 Å². The van der Waals surface area contributed by atoms with Gasteiger partial charge in [-0.2, -0.15) is 0 Å². The van der Waals surface area contributed by atoms with E-state index in [1.54, 1.807) is 7.11 Å². The third-order valence-electron chi connectivity index (χ3n) is 3.41. The van der Waals surface area contributed by atoms with E-state index in [-0.39, 0.29) is 5.60 Å². The molecule has 1 rings (SSSR count). The lowest BCUT2D eigenvalue weighted by molar-refractivity contribution is -0.0665. The number of halogens is 1. The first-order valence-electron chi connectivity index (χ1n) is 5.91. The molecular formula is C12H23FO. The van der Waals surface area contributed by atoms with Crippen LogP contribution in [0.15, 0.2) is 0 Å². The summed E-state index contributed by atoms with van der Waals surface area (Å²) in [6.07, 6.45) is 7.43. The van der Waals surface area contributed by atoms with Gasteiger partial charge in [-0.05, 0) is 25.7 Å². The van der Waals surface area contributed by atoms with Crippen molar-refractivity contribution >= 4 is 0 Å². The molecule has 2 unspecified atom stereocenters. The standard InChI is InChI=1S/C12H23FO/c1-3-4-5-8-12(14-2)9-6-7-11(13)10-12/h11H,3-10H2,1-2H3. The average molecular weight is 202 g/mol. The van der Waals surface area contributed by atoms with Crippen LogP contribution in [0.4, 0.5) is 4.39 Å². The molecule has 0 bridgehead atoms. The molecule has 1 nitrogen and oxygen atoms in total. The molecule has 0 aromatic carbocycles. The Hall–Kier alpha value is -0.110. The maximum Gasteiger partial charge on any atom is 0.103 e. The first-order chi connectivity index (χ1) is 6.72. The van der Waals surface area contributed by atoms with E-state index in [1.165, 1.54) is 19.3 Å². The molecule has 2 heteroatoms. The molecule has 84 valence electrons. The van der Waals surface area contributed by atoms with E-state index >= 15 is 0 Å². The van der Waals surface area contributed by atoms with Gasteiger partial charge in [0.1, 0.15) is 6.17 Å². The van der Waals surface area contributed by atoms with Crippen LogP contribution in [-0.2, 0) is 4.74 Å². The Morgan fingerprint density at radius 2 is 2.21 bits per heavy atom. The van der Waals surface area contributed by atoms with Crippen LogP contribution >= 0.6 is 0 Å². The van der Waals surface area contributed by atoms with Crippen molar-refractivity contribution in [3.05, 3.63) is 0 Å². The van der Waals surface area contributed by atoms with Crippen LogP contribution in [0.5, 0.6) is 0 Å². The van der Waals surface area contributed by atoms with Crippen LogP contribution in [0.3, 0.4) is 0 Å². The van der Waals surface area contributed by atoms with Crippen LogP contribution in [0, 0.1) is 0 Å². The van der Waals surface area contributed by atoms with Crippen molar-refractivity contribution in [2.45, 2.75) is 70.1 Å². The van der Waals surface area contributed by atoms with E-state index in [9.17, 15) is 4.39 Å². The summed E-state index contributed by atoms with van der Waals surface area (Å²) in [5.74, 6) is 0. The second-order valence-electron chi connectivity index (χ2n) is 4.54. The van der Waals surface area contributed by atoms with Crippen LogP contribution in [-0.4, -0.2) is 18.9 Å². The third kappa shape index (κ3) is 3.23. The van der Waals surface area contributed by atoms with Gasteiger partial charge in [-0.15, -0.1) is 0 Å². The van der Waals surface area contributed by atoms with Gasteiger partial charge in [0.25, 0.3) is 0 Å². The lowest BCUT2D eigenvalue weighted by Gasteiger charge is -2.37. The molecule has 0 radical (unpaired) electrons. The normalized spacial score (nSPS) is 33.2. The van der Waals surface area contributed by atoms with E-state index in [4.69, 9.17) is 4.74 Å². The van der Waals surface area contributed by atoms with E-state index in [2.05, 4.69) is 6.92 Å². The van der Waals surface area contributed by atoms with E-state index in [1.807, 2.05) is 0 Å². The molecule has 0 N–H and O–H groups in total. The summed E-state index contributed by atoms with van der Waals surface area (Å²) in [4.78, 5) is 0. The molecule has 1 aliphatic carbocycles. The highest BCUT2D eigenvalue weighted by atomic mass is 19.1. The summed E-state index contributed by atoms with van der Waals surface area (Å²) in [6.45, 7) is 2.19. The fourth-order valence-corrected chi connectivity index (χ4v) is 2.47. The Labute approximate surface area is 87.0 Å². The second kappa shape index (κ2) is 5.69. The summed E-state index contributed by atoms with van der Waals surface area (Å²) in [5, 5.41) is 0. The van der Waals surface area contributed by atoms with Gasteiger partial charge in [-0.3, -0.25) is 0 Å². The summed E-state index contributed by atoms with van der Waals surface area (Å²) < 4.78 is 18.9. The van der Waals surface area contributed by atoms with E-state index in [0.717, 1.165) is 25.7 Å². The zero-order valence-corrected chi connectivity index (χ0v) is 9.52. The molecule has 0 spiro atoms. The van der Waals surface area contributed by atoms with Crippen LogP contribution in [0.2, 0.25) is 0 Å². The summed E-state index contributed by atoms with van der Waals surface area (Å²) in [5.41, 5.74) is -0.132. The summed E-state index contributed by atoms with van der Waals surface area (Å²) in [6, 6.07) is 0. The highest BCUT2D eigenvalue weighted by Crippen LogP contribution is 2.36. The fraction of sp³-hybridized carbons (Fsp3) is 1.00. The summed E-state index contributed by atoms with van der Waals surface area (Å²) in [7, 11) is 1.74. The average Bonchev–Trinajstić information content (AvgIpc) is 2.18. The number of hydrogen-bond donors (Lipinski definition) is 0. The predicted molar refractivity (Wildman–Crippen MR) is 57.2 cm³/mol. The third-order valence-corrected chi connectivity index (χ3v) is 3.41. The van der Waals surface area contributed by atoms with Gasteiger partial charge in [0.05, 0.1) is 5.60 Å². The molecule has 2 atom stereocenters. The molecule has 0 aromatic rings. The number of alkyl halides is 1. The van der Waals surface area contributed by atoms with Gasteiger partial charge in [-0.25, -0.2) is 4.39 Å².